The molecule has 0 saturated carbocycles. The van der Waals surface area contributed by atoms with Crippen molar-refractivity contribution in [1.29, 1.82) is 0 Å². The minimum absolute atomic E-state index is 0.152. The Hall–Kier alpha value is -4.60. The second kappa shape index (κ2) is 9.21. The van der Waals surface area contributed by atoms with Crippen LogP contribution < -0.4 is 14.8 Å². The number of aryl methyl sites for hydroxylation is 1. The van der Waals surface area contributed by atoms with Crippen LogP contribution in [0.5, 0.6) is 17.2 Å². The SMILES string of the molecule is COc1ccc2c(Oc3ccc(-c4nc(Nc5cccc(C(F)(F)F)c5)n[nH]4)cc3)cc(C)nc2c1. The number of nitrogens with zero attached hydrogens (tertiary/aromatic N) is 3. The number of anilines is 2. The molecule has 5 aromatic rings. The van der Waals surface area contributed by atoms with E-state index in [0.29, 0.717) is 23.1 Å². The summed E-state index contributed by atoms with van der Waals surface area (Å²) in [6, 6.07) is 19.5. The number of halogens is 3. The summed E-state index contributed by atoms with van der Waals surface area (Å²) in [6.45, 7) is 1.89. The molecule has 36 heavy (non-hydrogen) atoms. The summed E-state index contributed by atoms with van der Waals surface area (Å²) in [6.07, 6.45) is -4.43. The monoisotopic (exact) mass is 491 g/mol. The largest absolute Gasteiger partial charge is 0.497 e. The number of pyridine rings is 1. The minimum atomic E-state index is -4.43. The predicted molar refractivity (Wildman–Crippen MR) is 130 cm³/mol. The minimum Gasteiger partial charge on any atom is -0.497 e. The summed E-state index contributed by atoms with van der Waals surface area (Å²) in [5.41, 5.74) is 1.78. The third-order valence-electron chi connectivity index (χ3n) is 5.39. The first-order valence-corrected chi connectivity index (χ1v) is 10.9. The van der Waals surface area contributed by atoms with Crippen LogP contribution in [0.15, 0.2) is 72.8 Å². The van der Waals surface area contributed by atoms with E-state index in [4.69, 9.17) is 9.47 Å². The lowest BCUT2D eigenvalue weighted by molar-refractivity contribution is -0.137. The Balaban J connectivity index is 1.33. The summed E-state index contributed by atoms with van der Waals surface area (Å²) in [5, 5.41) is 10.5. The zero-order valence-corrected chi connectivity index (χ0v) is 19.2. The van der Waals surface area contributed by atoms with Gasteiger partial charge >= 0.3 is 6.18 Å². The first-order valence-electron chi connectivity index (χ1n) is 10.9. The van der Waals surface area contributed by atoms with Gasteiger partial charge in [-0.15, -0.1) is 5.10 Å². The number of aromatic nitrogens is 4. The Morgan fingerprint density at radius 1 is 0.889 bits per heavy atom. The van der Waals surface area contributed by atoms with E-state index in [1.54, 1.807) is 19.2 Å². The fourth-order valence-electron chi connectivity index (χ4n) is 3.67. The van der Waals surface area contributed by atoms with Crippen molar-refractivity contribution in [2.24, 2.45) is 0 Å². The first kappa shape index (κ1) is 23.2. The van der Waals surface area contributed by atoms with Gasteiger partial charge in [-0.25, -0.2) is 0 Å². The number of methoxy groups -OCH3 is 1. The van der Waals surface area contributed by atoms with Crippen molar-refractivity contribution in [3.8, 4) is 28.6 Å². The Bertz CT molecular complexity index is 1530. The molecule has 0 radical (unpaired) electrons. The smallest absolute Gasteiger partial charge is 0.416 e. The van der Waals surface area contributed by atoms with Crippen molar-refractivity contribution in [2.45, 2.75) is 13.1 Å². The quantitative estimate of drug-likeness (QED) is 0.269. The maximum Gasteiger partial charge on any atom is 0.416 e. The fraction of sp³-hybridized carbons (Fsp3) is 0.115. The second-order valence-electron chi connectivity index (χ2n) is 7.98. The number of H-pyrrole nitrogens is 1. The topological polar surface area (TPSA) is 85.0 Å². The number of hydrogen-bond acceptors (Lipinski definition) is 6. The zero-order valence-electron chi connectivity index (χ0n) is 19.2. The Morgan fingerprint density at radius 3 is 2.42 bits per heavy atom. The molecule has 0 unspecified atom stereocenters. The van der Waals surface area contributed by atoms with Crippen molar-refractivity contribution >= 4 is 22.5 Å². The first-order chi connectivity index (χ1) is 17.3. The van der Waals surface area contributed by atoms with E-state index >= 15 is 0 Å². The third kappa shape index (κ3) is 4.92. The highest BCUT2D eigenvalue weighted by molar-refractivity contribution is 5.86. The van der Waals surface area contributed by atoms with Crippen molar-refractivity contribution in [1.82, 2.24) is 20.2 Å². The van der Waals surface area contributed by atoms with Crippen LogP contribution in [0.2, 0.25) is 0 Å². The molecule has 0 atom stereocenters. The van der Waals surface area contributed by atoms with Crippen molar-refractivity contribution in [3.05, 3.63) is 84.1 Å². The van der Waals surface area contributed by atoms with Gasteiger partial charge in [0, 0.05) is 34.5 Å². The maximum atomic E-state index is 12.9. The Morgan fingerprint density at radius 2 is 1.67 bits per heavy atom. The lowest BCUT2D eigenvalue weighted by Gasteiger charge is -2.11. The summed E-state index contributed by atoms with van der Waals surface area (Å²) in [7, 11) is 1.61. The summed E-state index contributed by atoms with van der Waals surface area (Å²) in [5.74, 6) is 2.60. The summed E-state index contributed by atoms with van der Waals surface area (Å²) >= 11 is 0. The fourth-order valence-corrected chi connectivity index (χ4v) is 3.67. The molecule has 0 aliphatic rings. The van der Waals surface area contributed by atoms with Gasteiger partial charge in [0.05, 0.1) is 18.2 Å². The molecule has 0 saturated heterocycles. The second-order valence-corrected chi connectivity index (χ2v) is 7.98. The van der Waals surface area contributed by atoms with Crippen molar-refractivity contribution < 1.29 is 22.6 Å². The molecule has 182 valence electrons. The molecule has 0 fully saturated rings. The van der Waals surface area contributed by atoms with E-state index in [-0.39, 0.29) is 11.6 Å². The van der Waals surface area contributed by atoms with Crippen LogP contribution in [-0.2, 0) is 6.18 Å². The van der Waals surface area contributed by atoms with Crippen molar-refractivity contribution in [3.63, 3.8) is 0 Å². The number of aromatic amines is 1. The zero-order chi connectivity index (χ0) is 25.3. The number of nitrogens with one attached hydrogen (secondary N) is 2. The van der Waals surface area contributed by atoms with Gasteiger partial charge in [0.25, 0.3) is 0 Å². The van der Waals surface area contributed by atoms with Crippen LogP contribution in [-0.4, -0.2) is 27.3 Å². The highest BCUT2D eigenvalue weighted by Gasteiger charge is 2.30. The molecule has 3 aromatic carbocycles. The molecule has 0 aliphatic heterocycles. The number of benzene rings is 3. The summed E-state index contributed by atoms with van der Waals surface area (Å²) in [4.78, 5) is 8.88. The molecule has 7 nitrogen and oxygen atoms in total. The molecule has 2 heterocycles. The lowest BCUT2D eigenvalue weighted by Crippen LogP contribution is -2.05. The van der Waals surface area contributed by atoms with Crippen LogP contribution in [0.1, 0.15) is 11.3 Å². The molecule has 2 N–H and O–H groups in total. The molecule has 10 heteroatoms. The molecule has 0 aliphatic carbocycles. The number of rotatable bonds is 6. The standard InChI is InChI=1S/C26H20F3N5O2/c1-15-12-23(21-11-10-20(35-2)14-22(21)30-15)36-19-8-6-16(7-9-19)24-32-25(34-33-24)31-18-5-3-4-17(13-18)26(27,28)29/h3-14H,1-2H3,(H2,31,32,33,34). The number of hydrogen-bond donors (Lipinski definition) is 2. The molecule has 0 spiro atoms. The third-order valence-corrected chi connectivity index (χ3v) is 5.39. The normalized spacial score (nSPS) is 11.5. The van der Waals surface area contributed by atoms with Gasteiger partial charge in [-0.1, -0.05) is 6.07 Å². The molecular formula is C26H20F3N5O2. The maximum absolute atomic E-state index is 12.9. The lowest BCUT2D eigenvalue weighted by atomic mass is 10.1. The summed E-state index contributed by atoms with van der Waals surface area (Å²) < 4.78 is 50.3. The predicted octanol–water partition coefficient (Wildman–Crippen LogP) is 6.89. The van der Waals surface area contributed by atoms with Crippen LogP contribution >= 0.6 is 0 Å². The van der Waals surface area contributed by atoms with Gasteiger partial charge in [-0.2, -0.15) is 18.2 Å². The molecule has 0 amide bonds. The van der Waals surface area contributed by atoms with E-state index in [1.165, 1.54) is 12.1 Å². The number of fused-ring (bicyclic) bond motifs is 1. The Kier molecular flexibility index (Phi) is 5.93. The highest BCUT2D eigenvalue weighted by atomic mass is 19.4. The highest BCUT2D eigenvalue weighted by Crippen LogP contribution is 2.33. The van der Waals surface area contributed by atoms with Gasteiger partial charge in [-0.3, -0.25) is 10.1 Å². The van der Waals surface area contributed by atoms with Crippen LogP contribution in [0, 0.1) is 6.92 Å². The van der Waals surface area contributed by atoms with Gasteiger partial charge in [0.1, 0.15) is 17.2 Å². The van der Waals surface area contributed by atoms with Gasteiger partial charge in [0.2, 0.25) is 5.95 Å². The van der Waals surface area contributed by atoms with Crippen LogP contribution in [0.25, 0.3) is 22.3 Å². The van der Waals surface area contributed by atoms with Crippen LogP contribution in [0.4, 0.5) is 24.8 Å². The molecule has 0 bridgehead atoms. The number of alkyl halides is 3. The van der Waals surface area contributed by atoms with E-state index in [9.17, 15) is 13.2 Å². The Labute approximate surface area is 203 Å². The van der Waals surface area contributed by atoms with Gasteiger partial charge < -0.3 is 14.8 Å². The average molecular weight is 491 g/mol. The molecule has 5 rings (SSSR count). The van der Waals surface area contributed by atoms with Crippen LogP contribution in [0.3, 0.4) is 0 Å². The molecule has 2 aromatic heterocycles. The van der Waals surface area contributed by atoms with E-state index in [2.05, 4.69) is 25.5 Å². The molecular weight excluding hydrogens is 471 g/mol. The number of ether oxygens (including phenoxy) is 2. The van der Waals surface area contributed by atoms with Gasteiger partial charge in [-0.05, 0) is 61.5 Å². The average Bonchev–Trinajstić information content (AvgIpc) is 3.32. The van der Waals surface area contributed by atoms with Crippen molar-refractivity contribution in [2.75, 3.05) is 12.4 Å². The van der Waals surface area contributed by atoms with E-state index in [1.807, 2.05) is 43.3 Å². The van der Waals surface area contributed by atoms with Gasteiger partial charge in [0.15, 0.2) is 5.82 Å². The van der Waals surface area contributed by atoms with E-state index < -0.39 is 11.7 Å². The van der Waals surface area contributed by atoms with E-state index in [0.717, 1.165) is 34.3 Å².